The third-order valence-electron chi connectivity index (χ3n) is 2.53. The summed E-state index contributed by atoms with van der Waals surface area (Å²) in [6.45, 7) is 1.51. The van der Waals surface area contributed by atoms with Gasteiger partial charge in [0.25, 0.3) is 0 Å². The lowest BCUT2D eigenvalue weighted by Gasteiger charge is -2.09. The normalized spacial score (nSPS) is 10.3. The van der Waals surface area contributed by atoms with Gasteiger partial charge in [-0.15, -0.1) is 0 Å². The second-order valence-electron chi connectivity index (χ2n) is 3.86. The third kappa shape index (κ3) is 2.67. The van der Waals surface area contributed by atoms with Crippen molar-refractivity contribution in [1.82, 2.24) is 4.98 Å². The molecule has 19 heavy (non-hydrogen) atoms. The highest BCUT2D eigenvalue weighted by atomic mass is 19.1. The van der Waals surface area contributed by atoms with Gasteiger partial charge in [0, 0.05) is 0 Å². The predicted molar refractivity (Wildman–Crippen MR) is 65.6 cm³/mol. The molecular weight excluding hydrogens is 254 g/mol. The summed E-state index contributed by atoms with van der Waals surface area (Å²) in [4.78, 5) is 14.8. The Morgan fingerprint density at radius 1 is 1.21 bits per heavy atom. The summed E-state index contributed by atoms with van der Waals surface area (Å²) in [5, 5.41) is 11.3. The van der Waals surface area contributed by atoms with E-state index in [0.717, 1.165) is 12.1 Å². The SMILES string of the molecule is Cc1nc(Nc2c(F)cccc2F)ccc1C(=O)O. The molecule has 4 nitrogen and oxygen atoms in total. The van der Waals surface area contributed by atoms with E-state index in [4.69, 9.17) is 5.11 Å². The first-order chi connectivity index (χ1) is 8.99. The minimum Gasteiger partial charge on any atom is -0.478 e. The number of benzene rings is 1. The molecule has 2 N–H and O–H groups in total. The van der Waals surface area contributed by atoms with Crippen molar-refractivity contribution in [2.24, 2.45) is 0 Å². The average Bonchev–Trinajstić information content (AvgIpc) is 2.33. The highest BCUT2D eigenvalue weighted by Crippen LogP contribution is 2.22. The number of nitrogens with zero attached hydrogens (tertiary/aromatic N) is 1. The van der Waals surface area contributed by atoms with Gasteiger partial charge in [-0.2, -0.15) is 0 Å². The standard InChI is InChI=1S/C13H10F2N2O2/c1-7-8(13(18)19)5-6-11(16-7)17-12-9(14)3-2-4-10(12)15/h2-6H,1H3,(H,16,17)(H,18,19). The van der Waals surface area contributed by atoms with Crippen molar-refractivity contribution in [3.05, 3.63) is 53.2 Å². The van der Waals surface area contributed by atoms with E-state index in [1.165, 1.54) is 25.1 Å². The molecule has 0 fully saturated rings. The minimum atomic E-state index is -1.10. The van der Waals surface area contributed by atoms with Gasteiger partial charge >= 0.3 is 5.97 Å². The number of anilines is 2. The lowest BCUT2D eigenvalue weighted by Crippen LogP contribution is -2.05. The zero-order valence-corrected chi connectivity index (χ0v) is 9.95. The summed E-state index contributed by atoms with van der Waals surface area (Å²) in [7, 11) is 0. The van der Waals surface area contributed by atoms with Crippen molar-refractivity contribution < 1.29 is 18.7 Å². The van der Waals surface area contributed by atoms with Crippen LogP contribution < -0.4 is 5.32 Å². The zero-order chi connectivity index (χ0) is 14.0. The Morgan fingerprint density at radius 2 is 1.84 bits per heavy atom. The van der Waals surface area contributed by atoms with E-state index in [1.807, 2.05) is 0 Å². The van der Waals surface area contributed by atoms with Crippen molar-refractivity contribution >= 4 is 17.5 Å². The second kappa shape index (κ2) is 5.01. The predicted octanol–water partition coefficient (Wildman–Crippen LogP) is 3.11. The van der Waals surface area contributed by atoms with Crippen molar-refractivity contribution in [3.8, 4) is 0 Å². The van der Waals surface area contributed by atoms with Crippen LogP contribution in [0.5, 0.6) is 0 Å². The lowest BCUT2D eigenvalue weighted by molar-refractivity contribution is 0.0695. The monoisotopic (exact) mass is 264 g/mol. The molecule has 0 spiro atoms. The molecule has 0 amide bonds. The van der Waals surface area contributed by atoms with Gasteiger partial charge in [-0.1, -0.05) is 6.07 Å². The molecule has 98 valence electrons. The van der Waals surface area contributed by atoms with Gasteiger partial charge < -0.3 is 10.4 Å². The Labute approximate surface area is 107 Å². The van der Waals surface area contributed by atoms with Gasteiger partial charge in [0.1, 0.15) is 23.1 Å². The van der Waals surface area contributed by atoms with Crippen molar-refractivity contribution in [3.63, 3.8) is 0 Å². The van der Waals surface area contributed by atoms with Crippen LogP contribution in [0.15, 0.2) is 30.3 Å². The number of rotatable bonds is 3. The Balaban J connectivity index is 2.34. The quantitative estimate of drug-likeness (QED) is 0.894. The van der Waals surface area contributed by atoms with Crippen molar-refractivity contribution in [2.45, 2.75) is 6.92 Å². The molecule has 0 saturated heterocycles. The van der Waals surface area contributed by atoms with E-state index in [-0.39, 0.29) is 22.8 Å². The zero-order valence-electron chi connectivity index (χ0n) is 9.95. The molecule has 1 aromatic carbocycles. The maximum absolute atomic E-state index is 13.4. The molecule has 0 aliphatic carbocycles. The number of hydrogen-bond acceptors (Lipinski definition) is 3. The van der Waals surface area contributed by atoms with Crippen molar-refractivity contribution in [2.75, 3.05) is 5.32 Å². The van der Waals surface area contributed by atoms with Gasteiger partial charge in [-0.05, 0) is 31.2 Å². The maximum atomic E-state index is 13.4. The first kappa shape index (κ1) is 12.9. The largest absolute Gasteiger partial charge is 0.478 e. The summed E-state index contributed by atoms with van der Waals surface area (Å²) in [5.74, 6) is -2.43. The number of carbonyl (C=O) groups is 1. The molecule has 1 aromatic heterocycles. The molecule has 0 saturated carbocycles. The van der Waals surface area contributed by atoms with E-state index < -0.39 is 17.6 Å². The number of nitrogens with one attached hydrogen (secondary N) is 1. The fourth-order valence-electron chi connectivity index (χ4n) is 1.60. The number of carboxylic acids is 1. The second-order valence-corrected chi connectivity index (χ2v) is 3.86. The maximum Gasteiger partial charge on any atom is 0.337 e. The third-order valence-corrected chi connectivity index (χ3v) is 2.53. The number of hydrogen-bond donors (Lipinski definition) is 2. The highest BCUT2D eigenvalue weighted by Gasteiger charge is 2.12. The summed E-state index contributed by atoms with van der Waals surface area (Å²) < 4.78 is 26.8. The van der Waals surface area contributed by atoms with Crippen LogP contribution in [0.3, 0.4) is 0 Å². The summed E-state index contributed by atoms with van der Waals surface area (Å²) >= 11 is 0. The molecule has 0 unspecified atom stereocenters. The molecule has 1 heterocycles. The molecule has 2 aromatic rings. The number of halogens is 2. The first-order valence-electron chi connectivity index (χ1n) is 5.41. The molecule has 6 heteroatoms. The number of carboxylic acid groups (broad SMARTS) is 1. The van der Waals surface area contributed by atoms with Gasteiger partial charge in [0.2, 0.25) is 0 Å². The van der Waals surface area contributed by atoms with Crippen LogP contribution in [0.1, 0.15) is 16.1 Å². The number of aryl methyl sites for hydroxylation is 1. The topological polar surface area (TPSA) is 62.2 Å². The number of aromatic carboxylic acids is 1. The number of aromatic nitrogens is 1. The Bertz CT molecular complexity index is 624. The minimum absolute atomic E-state index is 0.0413. The van der Waals surface area contributed by atoms with Crippen LogP contribution in [-0.4, -0.2) is 16.1 Å². The Hall–Kier alpha value is -2.50. The van der Waals surface area contributed by atoms with Crippen LogP contribution in [-0.2, 0) is 0 Å². The van der Waals surface area contributed by atoms with Crippen LogP contribution in [0.25, 0.3) is 0 Å². The van der Waals surface area contributed by atoms with Crippen LogP contribution in [0, 0.1) is 18.6 Å². The fourth-order valence-corrected chi connectivity index (χ4v) is 1.60. The average molecular weight is 264 g/mol. The van der Waals surface area contributed by atoms with E-state index in [2.05, 4.69) is 10.3 Å². The van der Waals surface area contributed by atoms with Crippen LogP contribution in [0.4, 0.5) is 20.3 Å². The van der Waals surface area contributed by atoms with Gasteiger partial charge in [0.15, 0.2) is 0 Å². The van der Waals surface area contributed by atoms with Crippen molar-refractivity contribution in [1.29, 1.82) is 0 Å². The lowest BCUT2D eigenvalue weighted by atomic mass is 10.2. The molecule has 0 aliphatic rings. The number of para-hydroxylation sites is 1. The van der Waals surface area contributed by atoms with E-state index in [0.29, 0.717) is 0 Å². The Morgan fingerprint density at radius 3 is 2.37 bits per heavy atom. The van der Waals surface area contributed by atoms with E-state index in [9.17, 15) is 13.6 Å². The summed E-state index contributed by atoms with van der Waals surface area (Å²) in [6.07, 6.45) is 0. The smallest absolute Gasteiger partial charge is 0.337 e. The molecule has 0 atom stereocenters. The Kier molecular flexibility index (Phi) is 3.41. The molecule has 0 aliphatic heterocycles. The molecule has 2 rings (SSSR count). The van der Waals surface area contributed by atoms with Gasteiger partial charge in [0.05, 0.1) is 11.3 Å². The summed E-state index contributed by atoms with van der Waals surface area (Å²) in [5.41, 5.74) is -0.0220. The molecule has 0 radical (unpaired) electrons. The van der Waals surface area contributed by atoms with Crippen LogP contribution in [0.2, 0.25) is 0 Å². The van der Waals surface area contributed by atoms with Gasteiger partial charge in [-0.25, -0.2) is 18.6 Å². The molecular formula is C13H10F2N2O2. The fraction of sp³-hybridized carbons (Fsp3) is 0.0769. The van der Waals surface area contributed by atoms with Gasteiger partial charge in [-0.3, -0.25) is 0 Å². The highest BCUT2D eigenvalue weighted by molar-refractivity contribution is 5.89. The van der Waals surface area contributed by atoms with E-state index >= 15 is 0 Å². The number of pyridine rings is 1. The van der Waals surface area contributed by atoms with Crippen LogP contribution >= 0.6 is 0 Å². The molecule has 0 bridgehead atoms. The first-order valence-corrected chi connectivity index (χ1v) is 5.41. The summed E-state index contributed by atoms with van der Waals surface area (Å²) in [6, 6.07) is 6.16. The van der Waals surface area contributed by atoms with E-state index in [1.54, 1.807) is 0 Å².